The first kappa shape index (κ1) is 20.1. The van der Waals surface area contributed by atoms with Gasteiger partial charge in [0, 0.05) is 16.2 Å². The van der Waals surface area contributed by atoms with E-state index in [9.17, 15) is 4.79 Å². The number of hydrogen-bond donors (Lipinski definition) is 1. The van der Waals surface area contributed by atoms with Crippen LogP contribution in [0.2, 0.25) is 0 Å². The van der Waals surface area contributed by atoms with Crippen LogP contribution < -0.4 is 19.5 Å². The minimum Gasteiger partial charge on any atom is -0.490 e. The number of amides is 1. The van der Waals surface area contributed by atoms with E-state index in [2.05, 4.69) is 21.2 Å². The average Bonchev–Trinajstić information content (AvgIpc) is 2.65. The molecule has 0 radical (unpaired) electrons. The molecule has 5 nitrogen and oxygen atoms in total. The van der Waals surface area contributed by atoms with Crippen LogP contribution in [0.3, 0.4) is 0 Å². The molecule has 0 bridgehead atoms. The van der Waals surface area contributed by atoms with E-state index < -0.39 is 0 Å². The van der Waals surface area contributed by atoms with Crippen LogP contribution in [0.4, 0.5) is 5.69 Å². The summed E-state index contributed by atoms with van der Waals surface area (Å²) in [4.78, 5) is 12.1. The molecule has 0 unspecified atom stereocenters. The summed E-state index contributed by atoms with van der Waals surface area (Å²) in [7, 11) is 0. The predicted octanol–water partition coefficient (Wildman–Crippen LogP) is 5.04. The fourth-order valence-electron chi connectivity index (χ4n) is 2.12. The molecule has 1 amide bonds. The SMILES string of the molecule is CCCOc1ccc(NC(=O)COc2ccc(Br)cc2)cc1OCCC. The summed E-state index contributed by atoms with van der Waals surface area (Å²) in [6.45, 7) is 5.23. The average molecular weight is 422 g/mol. The summed E-state index contributed by atoms with van der Waals surface area (Å²) in [5.74, 6) is 1.71. The largest absolute Gasteiger partial charge is 0.490 e. The third kappa shape index (κ3) is 6.59. The Balaban J connectivity index is 1.96. The molecular weight excluding hydrogens is 398 g/mol. The van der Waals surface area contributed by atoms with Crippen molar-refractivity contribution in [1.82, 2.24) is 0 Å². The van der Waals surface area contributed by atoms with Gasteiger partial charge < -0.3 is 19.5 Å². The summed E-state index contributed by atoms with van der Waals surface area (Å²) >= 11 is 3.36. The maximum atomic E-state index is 12.1. The Morgan fingerprint density at radius 2 is 1.58 bits per heavy atom. The van der Waals surface area contributed by atoms with Crippen LogP contribution in [0.25, 0.3) is 0 Å². The van der Waals surface area contributed by atoms with E-state index >= 15 is 0 Å². The highest BCUT2D eigenvalue weighted by Gasteiger charge is 2.09. The van der Waals surface area contributed by atoms with Gasteiger partial charge in [-0.2, -0.15) is 0 Å². The standard InChI is InChI=1S/C20H24BrNO4/c1-3-11-24-18-10-7-16(13-19(18)25-12-4-2)22-20(23)14-26-17-8-5-15(21)6-9-17/h5-10,13H,3-4,11-12,14H2,1-2H3,(H,22,23). The molecule has 0 fully saturated rings. The highest BCUT2D eigenvalue weighted by atomic mass is 79.9. The third-order valence-corrected chi connectivity index (χ3v) is 3.86. The van der Waals surface area contributed by atoms with Crippen molar-refractivity contribution in [3.63, 3.8) is 0 Å². The fourth-order valence-corrected chi connectivity index (χ4v) is 2.38. The number of carbonyl (C=O) groups is 1. The van der Waals surface area contributed by atoms with Crippen LogP contribution >= 0.6 is 15.9 Å². The number of anilines is 1. The molecule has 0 aliphatic heterocycles. The number of rotatable bonds is 10. The highest BCUT2D eigenvalue weighted by molar-refractivity contribution is 9.10. The van der Waals surface area contributed by atoms with Gasteiger partial charge in [-0.1, -0.05) is 29.8 Å². The van der Waals surface area contributed by atoms with Gasteiger partial charge in [0.05, 0.1) is 13.2 Å². The molecule has 2 aromatic carbocycles. The summed E-state index contributed by atoms with van der Waals surface area (Å²) in [5.41, 5.74) is 0.643. The molecule has 0 aliphatic rings. The Morgan fingerprint density at radius 1 is 0.923 bits per heavy atom. The molecule has 6 heteroatoms. The van der Waals surface area contributed by atoms with Crippen molar-refractivity contribution in [2.75, 3.05) is 25.1 Å². The van der Waals surface area contributed by atoms with Crippen LogP contribution in [0.1, 0.15) is 26.7 Å². The van der Waals surface area contributed by atoms with Crippen molar-refractivity contribution in [3.8, 4) is 17.2 Å². The number of halogens is 1. The first-order valence-electron chi connectivity index (χ1n) is 8.70. The van der Waals surface area contributed by atoms with Crippen molar-refractivity contribution in [2.45, 2.75) is 26.7 Å². The van der Waals surface area contributed by atoms with E-state index in [1.54, 1.807) is 24.3 Å². The van der Waals surface area contributed by atoms with Gasteiger partial charge in [0.2, 0.25) is 0 Å². The minimum absolute atomic E-state index is 0.0686. The molecule has 0 aromatic heterocycles. The quantitative estimate of drug-likeness (QED) is 0.583. The lowest BCUT2D eigenvalue weighted by atomic mass is 10.2. The summed E-state index contributed by atoms with van der Waals surface area (Å²) < 4.78 is 17.9. The van der Waals surface area contributed by atoms with Gasteiger partial charge in [-0.25, -0.2) is 0 Å². The maximum Gasteiger partial charge on any atom is 0.262 e. The van der Waals surface area contributed by atoms with Gasteiger partial charge in [-0.3, -0.25) is 4.79 Å². The number of carbonyl (C=O) groups excluding carboxylic acids is 1. The van der Waals surface area contributed by atoms with Gasteiger partial charge in [0.25, 0.3) is 5.91 Å². The fraction of sp³-hybridized carbons (Fsp3) is 0.350. The molecule has 0 aliphatic carbocycles. The lowest BCUT2D eigenvalue weighted by Crippen LogP contribution is -2.20. The molecule has 0 heterocycles. The molecule has 0 spiro atoms. The van der Waals surface area contributed by atoms with Crippen LogP contribution in [-0.4, -0.2) is 25.7 Å². The first-order valence-corrected chi connectivity index (χ1v) is 9.49. The smallest absolute Gasteiger partial charge is 0.262 e. The maximum absolute atomic E-state index is 12.1. The van der Waals surface area contributed by atoms with E-state index in [1.807, 2.05) is 32.0 Å². The number of nitrogens with one attached hydrogen (secondary N) is 1. The zero-order valence-electron chi connectivity index (χ0n) is 15.1. The third-order valence-electron chi connectivity index (χ3n) is 3.33. The number of benzene rings is 2. The highest BCUT2D eigenvalue weighted by Crippen LogP contribution is 2.31. The van der Waals surface area contributed by atoms with Crippen LogP contribution in [-0.2, 0) is 4.79 Å². The van der Waals surface area contributed by atoms with E-state index in [4.69, 9.17) is 14.2 Å². The Bertz CT molecular complexity index is 703. The van der Waals surface area contributed by atoms with Crippen molar-refractivity contribution < 1.29 is 19.0 Å². The number of ether oxygens (including phenoxy) is 3. The summed E-state index contributed by atoms with van der Waals surface area (Å²) in [6.07, 6.45) is 1.81. The molecule has 140 valence electrons. The van der Waals surface area contributed by atoms with E-state index in [0.717, 1.165) is 17.3 Å². The first-order chi connectivity index (χ1) is 12.6. The molecule has 2 aromatic rings. The van der Waals surface area contributed by atoms with Crippen molar-refractivity contribution in [3.05, 3.63) is 46.9 Å². The van der Waals surface area contributed by atoms with Gasteiger partial charge in [-0.05, 0) is 49.2 Å². The minimum atomic E-state index is -0.239. The van der Waals surface area contributed by atoms with E-state index in [1.165, 1.54) is 0 Å². The Kier molecular flexibility index (Phi) is 8.28. The van der Waals surface area contributed by atoms with Crippen LogP contribution in [0.5, 0.6) is 17.2 Å². The van der Waals surface area contributed by atoms with Gasteiger partial charge >= 0.3 is 0 Å². The van der Waals surface area contributed by atoms with Crippen LogP contribution in [0, 0.1) is 0 Å². The molecule has 0 saturated heterocycles. The Hall–Kier alpha value is -2.21. The second kappa shape index (κ2) is 10.7. The molecule has 0 atom stereocenters. The topological polar surface area (TPSA) is 56.8 Å². The van der Waals surface area contributed by atoms with Crippen molar-refractivity contribution in [2.24, 2.45) is 0 Å². The van der Waals surface area contributed by atoms with Gasteiger partial charge in [-0.15, -0.1) is 0 Å². The zero-order valence-corrected chi connectivity index (χ0v) is 16.7. The molecule has 1 N–H and O–H groups in total. The Morgan fingerprint density at radius 3 is 2.23 bits per heavy atom. The second-order valence-electron chi connectivity index (χ2n) is 5.65. The summed E-state index contributed by atoms with van der Waals surface area (Å²) in [5, 5.41) is 2.81. The lowest BCUT2D eigenvalue weighted by Gasteiger charge is -2.14. The normalized spacial score (nSPS) is 10.3. The second-order valence-corrected chi connectivity index (χ2v) is 6.56. The van der Waals surface area contributed by atoms with Gasteiger partial charge in [0.15, 0.2) is 18.1 Å². The zero-order chi connectivity index (χ0) is 18.8. The monoisotopic (exact) mass is 421 g/mol. The summed E-state index contributed by atoms with van der Waals surface area (Å²) in [6, 6.07) is 12.7. The van der Waals surface area contributed by atoms with Crippen molar-refractivity contribution in [1.29, 1.82) is 0 Å². The molecule has 2 rings (SSSR count). The molecular formula is C20H24BrNO4. The molecule has 0 saturated carbocycles. The number of hydrogen-bond acceptors (Lipinski definition) is 4. The Labute approximate surface area is 162 Å². The lowest BCUT2D eigenvalue weighted by molar-refractivity contribution is -0.118. The van der Waals surface area contributed by atoms with Crippen molar-refractivity contribution >= 4 is 27.5 Å². The van der Waals surface area contributed by atoms with Crippen LogP contribution in [0.15, 0.2) is 46.9 Å². The van der Waals surface area contributed by atoms with E-state index in [-0.39, 0.29) is 12.5 Å². The molecule has 26 heavy (non-hydrogen) atoms. The van der Waals surface area contributed by atoms with E-state index in [0.29, 0.717) is 36.1 Å². The predicted molar refractivity (Wildman–Crippen MR) is 106 cm³/mol. The van der Waals surface area contributed by atoms with Gasteiger partial charge in [0.1, 0.15) is 5.75 Å².